The molecule has 2 saturated heterocycles. The number of piperidine rings is 1. The van der Waals surface area contributed by atoms with E-state index in [-0.39, 0.29) is 29.4 Å². The molecule has 7 nitrogen and oxygen atoms in total. The molecule has 1 atom stereocenters. The van der Waals surface area contributed by atoms with Crippen LogP contribution in [-0.4, -0.2) is 80.8 Å². The Bertz CT molecular complexity index is 541. The standard InChI is InChI=1S/C15H27N3O4S/c1-12(19)16-9-13-3-6-18(7-4-13)10-15(20)17(2)14-5-8-23(21,22)11-14/h13-14H,3-11H2,1-2H3,(H,16,19)/t14-/m1/s1. The molecule has 8 heteroatoms. The van der Waals surface area contributed by atoms with Crippen molar-refractivity contribution in [3.63, 3.8) is 0 Å². The van der Waals surface area contributed by atoms with E-state index in [0.29, 0.717) is 25.4 Å². The number of hydrogen-bond donors (Lipinski definition) is 1. The summed E-state index contributed by atoms with van der Waals surface area (Å²) in [5.74, 6) is 0.740. The van der Waals surface area contributed by atoms with Crippen LogP contribution in [0.5, 0.6) is 0 Å². The maximum absolute atomic E-state index is 12.3. The van der Waals surface area contributed by atoms with E-state index in [0.717, 1.165) is 25.9 Å². The van der Waals surface area contributed by atoms with E-state index >= 15 is 0 Å². The predicted molar refractivity (Wildman–Crippen MR) is 87.7 cm³/mol. The minimum atomic E-state index is -2.97. The molecule has 23 heavy (non-hydrogen) atoms. The van der Waals surface area contributed by atoms with Gasteiger partial charge in [-0.05, 0) is 38.3 Å². The topological polar surface area (TPSA) is 86.8 Å². The number of carbonyl (C=O) groups excluding carboxylic acids is 2. The van der Waals surface area contributed by atoms with Gasteiger partial charge in [-0.25, -0.2) is 8.42 Å². The van der Waals surface area contributed by atoms with Crippen molar-refractivity contribution in [2.75, 3.05) is 44.7 Å². The van der Waals surface area contributed by atoms with E-state index in [1.165, 1.54) is 6.92 Å². The monoisotopic (exact) mass is 345 g/mol. The predicted octanol–water partition coefficient (Wildman–Crippen LogP) is -0.520. The Morgan fingerprint density at radius 1 is 1.22 bits per heavy atom. The van der Waals surface area contributed by atoms with Crippen molar-refractivity contribution < 1.29 is 18.0 Å². The first-order valence-electron chi connectivity index (χ1n) is 8.19. The van der Waals surface area contributed by atoms with Crippen LogP contribution in [-0.2, 0) is 19.4 Å². The van der Waals surface area contributed by atoms with E-state index in [2.05, 4.69) is 10.2 Å². The summed E-state index contributed by atoms with van der Waals surface area (Å²) < 4.78 is 23.1. The van der Waals surface area contributed by atoms with Crippen LogP contribution in [0.25, 0.3) is 0 Å². The number of nitrogens with one attached hydrogen (secondary N) is 1. The molecule has 2 heterocycles. The van der Waals surface area contributed by atoms with Gasteiger partial charge in [-0.2, -0.15) is 0 Å². The number of sulfone groups is 1. The van der Waals surface area contributed by atoms with Crippen LogP contribution in [0.3, 0.4) is 0 Å². The largest absolute Gasteiger partial charge is 0.356 e. The summed E-state index contributed by atoms with van der Waals surface area (Å²) in [5.41, 5.74) is 0. The molecular formula is C15H27N3O4S. The molecule has 0 saturated carbocycles. The van der Waals surface area contributed by atoms with Crippen molar-refractivity contribution in [3.8, 4) is 0 Å². The number of rotatable bonds is 5. The summed E-state index contributed by atoms with van der Waals surface area (Å²) in [6.45, 7) is 4.25. The van der Waals surface area contributed by atoms with E-state index in [9.17, 15) is 18.0 Å². The average Bonchev–Trinajstić information content (AvgIpc) is 2.85. The summed E-state index contributed by atoms with van der Waals surface area (Å²) in [6, 6.07) is -0.176. The van der Waals surface area contributed by atoms with Crippen LogP contribution in [0.2, 0.25) is 0 Å². The molecule has 0 bridgehead atoms. The highest BCUT2D eigenvalue weighted by molar-refractivity contribution is 7.91. The van der Waals surface area contributed by atoms with Crippen LogP contribution in [0.1, 0.15) is 26.2 Å². The molecule has 132 valence electrons. The smallest absolute Gasteiger partial charge is 0.236 e. The Morgan fingerprint density at radius 2 is 1.87 bits per heavy atom. The summed E-state index contributed by atoms with van der Waals surface area (Å²) in [6.07, 6.45) is 2.48. The summed E-state index contributed by atoms with van der Waals surface area (Å²) >= 11 is 0. The second-order valence-corrected chi connectivity index (χ2v) is 8.95. The first kappa shape index (κ1) is 18.2. The summed E-state index contributed by atoms with van der Waals surface area (Å²) in [4.78, 5) is 27.0. The molecule has 0 aromatic carbocycles. The maximum atomic E-state index is 12.3. The van der Waals surface area contributed by atoms with Gasteiger partial charge in [0.1, 0.15) is 0 Å². The van der Waals surface area contributed by atoms with Crippen LogP contribution in [0.4, 0.5) is 0 Å². The van der Waals surface area contributed by atoms with Crippen molar-refractivity contribution in [2.45, 2.75) is 32.2 Å². The number of hydrogen-bond acceptors (Lipinski definition) is 5. The average molecular weight is 345 g/mol. The van der Waals surface area contributed by atoms with E-state index < -0.39 is 9.84 Å². The molecule has 0 aromatic rings. The third kappa shape index (κ3) is 5.46. The molecule has 0 spiro atoms. The lowest BCUT2D eigenvalue weighted by Gasteiger charge is -2.33. The quantitative estimate of drug-likeness (QED) is 0.724. The lowest BCUT2D eigenvalue weighted by atomic mass is 9.97. The fourth-order valence-corrected chi connectivity index (χ4v) is 5.00. The molecule has 0 aromatic heterocycles. The van der Waals surface area contributed by atoms with E-state index in [4.69, 9.17) is 0 Å². The van der Waals surface area contributed by atoms with Crippen molar-refractivity contribution in [1.29, 1.82) is 0 Å². The summed E-state index contributed by atoms with van der Waals surface area (Å²) in [7, 11) is -1.26. The van der Waals surface area contributed by atoms with Gasteiger partial charge in [0.05, 0.1) is 18.1 Å². The molecule has 2 aliphatic heterocycles. The Hall–Kier alpha value is -1.15. The normalized spacial score (nSPS) is 25.2. The molecule has 2 fully saturated rings. The highest BCUT2D eigenvalue weighted by Gasteiger charge is 2.33. The van der Waals surface area contributed by atoms with Gasteiger partial charge in [-0.15, -0.1) is 0 Å². The number of likely N-dealkylation sites (tertiary alicyclic amines) is 1. The Labute approximate surface area is 138 Å². The fourth-order valence-electron chi connectivity index (χ4n) is 3.22. The first-order valence-corrected chi connectivity index (χ1v) is 10.0. The molecule has 0 unspecified atom stereocenters. The molecule has 0 radical (unpaired) electrons. The zero-order valence-corrected chi connectivity index (χ0v) is 14.8. The van der Waals surface area contributed by atoms with Crippen LogP contribution < -0.4 is 5.32 Å². The van der Waals surface area contributed by atoms with Gasteiger partial charge in [0.25, 0.3) is 0 Å². The Kier molecular flexibility index (Phi) is 6.02. The number of carbonyl (C=O) groups is 2. The molecule has 2 aliphatic rings. The van der Waals surface area contributed by atoms with Crippen LogP contribution >= 0.6 is 0 Å². The maximum Gasteiger partial charge on any atom is 0.236 e. The van der Waals surface area contributed by atoms with Crippen LogP contribution in [0, 0.1) is 5.92 Å². The van der Waals surface area contributed by atoms with E-state index in [1.54, 1.807) is 11.9 Å². The van der Waals surface area contributed by atoms with Gasteiger partial charge in [-0.3, -0.25) is 14.5 Å². The first-order chi connectivity index (χ1) is 10.8. The fraction of sp³-hybridized carbons (Fsp3) is 0.867. The lowest BCUT2D eigenvalue weighted by Crippen LogP contribution is -2.46. The van der Waals surface area contributed by atoms with Gasteiger partial charge >= 0.3 is 0 Å². The molecule has 1 N–H and O–H groups in total. The number of amides is 2. The molecule has 2 rings (SSSR count). The Balaban J connectivity index is 1.73. The van der Waals surface area contributed by atoms with Crippen molar-refractivity contribution >= 4 is 21.7 Å². The third-order valence-corrected chi connectivity index (χ3v) is 6.61. The Morgan fingerprint density at radius 3 is 2.39 bits per heavy atom. The molecule has 0 aliphatic carbocycles. The minimum Gasteiger partial charge on any atom is -0.356 e. The third-order valence-electron chi connectivity index (χ3n) is 4.86. The van der Waals surface area contributed by atoms with Gasteiger partial charge < -0.3 is 10.2 Å². The van der Waals surface area contributed by atoms with Crippen LogP contribution in [0.15, 0.2) is 0 Å². The van der Waals surface area contributed by atoms with Crippen molar-refractivity contribution in [2.24, 2.45) is 5.92 Å². The second kappa shape index (κ2) is 7.61. The molecule has 2 amide bonds. The highest BCUT2D eigenvalue weighted by Crippen LogP contribution is 2.19. The van der Waals surface area contributed by atoms with Gasteiger partial charge in [0.15, 0.2) is 9.84 Å². The zero-order chi connectivity index (χ0) is 17.0. The van der Waals surface area contributed by atoms with Crippen molar-refractivity contribution in [1.82, 2.24) is 15.1 Å². The lowest BCUT2D eigenvalue weighted by molar-refractivity contribution is -0.133. The van der Waals surface area contributed by atoms with Gasteiger partial charge in [0.2, 0.25) is 11.8 Å². The zero-order valence-electron chi connectivity index (χ0n) is 14.0. The SMILES string of the molecule is CC(=O)NCC1CCN(CC(=O)N(C)[C@@H]2CCS(=O)(=O)C2)CC1. The second-order valence-electron chi connectivity index (χ2n) is 6.72. The summed E-state index contributed by atoms with van der Waals surface area (Å²) in [5, 5.41) is 2.84. The number of likely N-dealkylation sites (N-methyl/N-ethyl adjacent to an activating group) is 1. The molecular weight excluding hydrogens is 318 g/mol. The number of nitrogens with zero attached hydrogens (tertiary/aromatic N) is 2. The van der Waals surface area contributed by atoms with Gasteiger partial charge in [-0.1, -0.05) is 0 Å². The highest BCUT2D eigenvalue weighted by atomic mass is 32.2. The van der Waals surface area contributed by atoms with Crippen molar-refractivity contribution in [3.05, 3.63) is 0 Å². The van der Waals surface area contributed by atoms with E-state index in [1.807, 2.05) is 0 Å². The minimum absolute atomic E-state index is 0.00394. The van der Waals surface area contributed by atoms with Gasteiger partial charge in [0, 0.05) is 26.6 Å².